The highest BCUT2D eigenvalue weighted by Gasteiger charge is 2.16. The highest BCUT2D eigenvalue weighted by atomic mass is 35.5. The number of nitrogens with zero attached hydrogens (tertiary/aromatic N) is 2. The predicted molar refractivity (Wildman–Crippen MR) is 59.4 cm³/mol. The Labute approximate surface area is 92.4 Å². The molecule has 2 rings (SSSR count). The van der Waals surface area contributed by atoms with Crippen LogP contribution in [0.2, 0.25) is 5.02 Å². The van der Waals surface area contributed by atoms with Gasteiger partial charge in [0.15, 0.2) is 0 Å². The Morgan fingerprint density at radius 3 is 3.20 bits per heavy atom. The van der Waals surface area contributed by atoms with Crippen LogP contribution in [0, 0.1) is 0 Å². The second kappa shape index (κ2) is 4.20. The zero-order valence-corrected chi connectivity index (χ0v) is 9.21. The molecule has 82 valence electrons. The molecular weight excluding hydrogens is 216 g/mol. The summed E-state index contributed by atoms with van der Waals surface area (Å²) in [4.78, 5) is 11.5. The maximum atomic E-state index is 11.5. The van der Waals surface area contributed by atoms with Gasteiger partial charge in [0.1, 0.15) is 5.02 Å². The van der Waals surface area contributed by atoms with Gasteiger partial charge in [-0.15, -0.1) is 0 Å². The molecule has 1 saturated heterocycles. The second-order valence-electron chi connectivity index (χ2n) is 3.64. The summed E-state index contributed by atoms with van der Waals surface area (Å²) in [6.07, 6.45) is 2.62. The van der Waals surface area contributed by atoms with Crippen LogP contribution in [0.3, 0.4) is 0 Å². The molecule has 0 amide bonds. The molecule has 1 fully saturated rings. The minimum absolute atomic E-state index is 0.208. The zero-order valence-electron chi connectivity index (χ0n) is 8.46. The van der Waals surface area contributed by atoms with E-state index >= 15 is 0 Å². The van der Waals surface area contributed by atoms with Gasteiger partial charge in [0.25, 0.3) is 5.56 Å². The minimum atomic E-state index is -0.271. The van der Waals surface area contributed by atoms with Gasteiger partial charge in [-0.3, -0.25) is 4.79 Å². The standard InChI is InChI=1S/C9H13ClN4O/c1-14-9(15)8(10)7(5-12-14)13-6-2-3-11-4-6/h5-6,11,13H,2-4H2,1H3. The molecule has 0 saturated carbocycles. The van der Waals surface area contributed by atoms with Crippen LogP contribution < -0.4 is 16.2 Å². The number of hydrogen-bond donors (Lipinski definition) is 2. The molecular formula is C9H13ClN4O. The average Bonchev–Trinajstić information content (AvgIpc) is 2.72. The van der Waals surface area contributed by atoms with Gasteiger partial charge in [-0.25, -0.2) is 4.68 Å². The molecule has 6 heteroatoms. The van der Waals surface area contributed by atoms with Gasteiger partial charge in [0.2, 0.25) is 0 Å². The van der Waals surface area contributed by atoms with E-state index in [-0.39, 0.29) is 10.6 Å². The fourth-order valence-electron chi connectivity index (χ4n) is 1.61. The molecule has 5 nitrogen and oxygen atoms in total. The molecule has 1 atom stereocenters. The van der Waals surface area contributed by atoms with Crippen molar-refractivity contribution in [1.82, 2.24) is 15.1 Å². The number of halogens is 1. The van der Waals surface area contributed by atoms with Gasteiger partial charge in [-0.2, -0.15) is 5.10 Å². The Morgan fingerprint density at radius 2 is 2.53 bits per heavy atom. The van der Waals surface area contributed by atoms with Crippen LogP contribution in [0.5, 0.6) is 0 Å². The second-order valence-corrected chi connectivity index (χ2v) is 4.01. The normalized spacial score (nSPS) is 20.5. The van der Waals surface area contributed by atoms with Crippen molar-refractivity contribution in [3.63, 3.8) is 0 Å². The predicted octanol–water partition coefficient (Wildman–Crippen LogP) is 0.207. The molecule has 0 radical (unpaired) electrons. The van der Waals surface area contributed by atoms with Crippen molar-refractivity contribution in [2.24, 2.45) is 7.05 Å². The third-order valence-corrected chi connectivity index (χ3v) is 2.86. The molecule has 1 aliphatic heterocycles. The number of anilines is 1. The van der Waals surface area contributed by atoms with Gasteiger partial charge in [0.05, 0.1) is 11.9 Å². The fourth-order valence-corrected chi connectivity index (χ4v) is 1.83. The smallest absolute Gasteiger partial charge is 0.287 e. The first-order chi connectivity index (χ1) is 7.18. The quantitative estimate of drug-likeness (QED) is 0.760. The molecule has 15 heavy (non-hydrogen) atoms. The lowest BCUT2D eigenvalue weighted by Crippen LogP contribution is -2.26. The summed E-state index contributed by atoms with van der Waals surface area (Å²) in [5, 5.41) is 10.6. The van der Waals surface area contributed by atoms with Crippen LogP contribution in [0.1, 0.15) is 6.42 Å². The summed E-state index contributed by atoms with van der Waals surface area (Å²) in [6.45, 7) is 1.89. The minimum Gasteiger partial charge on any atom is -0.378 e. The summed E-state index contributed by atoms with van der Waals surface area (Å²) in [5.41, 5.74) is 0.348. The molecule has 1 aromatic rings. The van der Waals surface area contributed by atoms with Crippen molar-refractivity contribution in [3.8, 4) is 0 Å². The van der Waals surface area contributed by atoms with Crippen LogP contribution >= 0.6 is 11.6 Å². The van der Waals surface area contributed by atoms with Crippen LogP contribution in [0.15, 0.2) is 11.0 Å². The van der Waals surface area contributed by atoms with E-state index in [4.69, 9.17) is 11.6 Å². The van der Waals surface area contributed by atoms with Gasteiger partial charge >= 0.3 is 0 Å². The average molecular weight is 229 g/mol. The number of rotatable bonds is 2. The van der Waals surface area contributed by atoms with Gasteiger partial charge in [-0.1, -0.05) is 11.6 Å². The molecule has 0 aromatic carbocycles. The molecule has 2 heterocycles. The molecule has 2 N–H and O–H groups in total. The van der Waals surface area contributed by atoms with E-state index in [1.807, 2.05) is 0 Å². The molecule has 0 aliphatic carbocycles. The molecule has 1 aromatic heterocycles. The highest BCUT2D eigenvalue weighted by molar-refractivity contribution is 6.32. The Bertz CT molecular complexity index is 411. The van der Waals surface area contributed by atoms with E-state index in [2.05, 4.69) is 15.7 Å². The maximum absolute atomic E-state index is 11.5. The Hall–Kier alpha value is -1.07. The number of aryl methyl sites for hydroxylation is 1. The molecule has 1 unspecified atom stereocenters. The maximum Gasteiger partial charge on any atom is 0.287 e. The third-order valence-electron chi connectivity index (χ3n) is 2.50. The third kappa shape index (κ3) is 2.13. The monoisotopic (exact) mass is 228 g/mol. The van der Waals surface area contributed by atoms with Crippen molar-refractivity contribution in [1.29, 1.82) is 0 Å². The van der Waals surface area contributed by atoms with Gasteiger partial charge in [0, 0.05) is 19.6 Å². The Kier molecular flexibility index (Phi) is 2.93. The van der Waals surface area contributed by atoms with Crippen molar-refractivity contribution in [2.45, 2.75) is 12.5 Å². The fraction of sp³-hybridized carbons (Fsp3) is 0.556. The summed E-state index contributed by atoms with van der Waals surface area (Å²) in [7, 11) is 1.58. The van der Waals surface area contributed by atoms with Crippen molar-refractivity contribution < 1.29 is 0 Å². The van der Waals surface area contributed by atoms with Crippen molar-refractivity contribution in [3.05, 3.63) is 21.6 Å². The lowest BCUT2D eigenvalue weighted by atomic mass is 10.2. The molecule has 0 bridgehead atoms. The van der Waals surface area contributed by atoms with Crippen LogP contribution in [0.25, 0.3) is 0 Å². The van der Waals surface area contributed by atoms with E-state index in [1.54, 1.807) is 13.2 Å². The molecule has 0 spiro atoms. The Balaban J connectivity index is 2.21. The van der Waals surface area contributed by atoms with Crippen LogP contribution in [-0.4, -0.2) is 28.9 Å². The summed E-state index contributed by atoms with van der Waals surface area (Å²) in [6, 6.07) is 0.330. The zero-order chi connectivity index (χ0) is 10.8. The van der Waals surface area contributed by atoms with E-state index in [0.29, 0.717) is 11.7 Å². The van der Waals surface area contributed by atoms with Crippen molar-refractivity contribution in [2.75, 3.05) is 18.4 Å². The van der Waals surface area contributed by atoms with Crippen molar-refractivity contribution >= 4 is 17.3 Å². The lowest BCUT2D eigenvalue weighted by Gasteiger charge is -2.13. The van der Waals surface area contributed by atoms with E-state index < -0.39 is 0 Å². The number of aromatic nitrogens is 2. The summed E-state index contributed by atoms with van der Waals surface area (Å²) >= 11 is 5.92. The first-order valence-corrected chi connectivity index (χ1v) is 5.25. The largest absolute Gasteiger partial charge is 0.378 e. The SMILES string of the molecule is Cn1ncc(NC2CCNC2)c(Cl)c1=O. The lowest BCUT2D eigenvalue weighted by molar-refractivity contribution is 0.704. The Morgan fingerprint density at radius 1 is 1.73 bits per heavy atom. The first kappa shape index (κ1) is 10.4. The van der Waals surface area contributed by atoms with E-state index in [9.17, 15) is 4.79 Å². The summed E-state index contributed by atoms with van der Waals surface area (Å²) in [5.74, 6) is 0. The van der Waals surface area contributed by atoms with E-state index in [1.165, 1.54) is 4.68 Å². The number of hydrogen-bond acceptors (Lipinski definition) is 4. The summed E-state index contributed by atoms with van der Waals surface area (Å²) < 4.78 is 1.22. The van der Waals surface area contributed by atoms with Gasteiger partial charge < -0.3 is 10.6 Å². The molecule has 1 aliphatic rings. The van der Waals surface area contributed by atoms with Crippen LogP contribution in [0.4, 0.5) is 5.69 Å². The number of nitrogens with one attached hydrogen (secondary N) is 2. The van der Waals surface area contributed by atoms with E-state index in [0.717, 1.165) is 19.5 Å². The van der Waals surface area contributed by atoms with Gasteiger partial charge in [-0.05, 0) is 13.0 Å². The highest BCUT2D eigenvalue weighted by Crippen LogP contribution is 2.17. The van der Waals surface area contributed by atoms with Crippen LogP contribution in [-0.2, 0) is 7.05 Å². The first-order valence-electron chi connectivity index (χ1n) is 4.87. The topological polar surface area (TPSA) is 59.0 Å².